The first-order chi connectivity index (χ1) is 20.3. The number of benzene rings is 4. The minimum absolute atomic E-state index is 0.0440. The van der Waals surface area contributed by atoms with E-state index in [0.717, 1.165) is 38.9 Å². The van der Waals surface area contributed by atoms with E-state index in [1.54, 1.807) is 6.07 Å². The highest BCUT2D eigenvalue weighted by Gasteiger charge is 2.22. The lowest BCUT2D eigenvalue weighted by atomic mass is 9.96. The molecule has 5 aromatic rings. The minimum Gasteiger partial charge on any atom is -0.480 e. The van der Waals surface area contributed by atoms with Crippen LogP contribution in [0.2, 0.25) is 0 Å². The van der Waals surface area contributed by atoms with E-state index in [1.807, 2.05) is 97.9 Å². The quantitative estimate of drug-likeness (QED) is 0.146. The summed E-state index contributed by atoms with van der Waals surface area (Å²) in [5, 5.41) is 17.7. The maximum Gasteiger partial charge on any atom is 0.408 e. The molecule has 0 aliphatic carbocycles. The number of carboxylic acids is 1. The molecule has 42 heavy (non-hydrogen) atoms. The zero-order valence-corrected chi connectivity index (χ0v) is 22.8. The summed E-state index contributed by atoms with van der Waals surface area (Å²) in [6.07, 6.45) is -0.714. The van der Waals surface area contributed by atoms with E-state index in [2.05, 4.69) is 25.9 Å². The first kappa shape index (κ1) is 27.9. The second-order valence-corrected chi connectivity index (χ2v) is 9.71. The van der Waals surface area contributed by atoms with Gasteiger partial charge in [-0.25, -0.2) is 19.4 Å². The maximum atomic E-state index is 12.6. The van der Waals surface area contributed by atoms with Gasteiger partial charge in [-0.1, -0.05) is 72.8 Å². The van der Waals surface area contributed by atoms with Gasteiger partial charge in [-0.05, 0) is 59.0 Å². The highest BCUT2D eigenvalue weighted by Crippen LogP contribution is 2.27. The van der Waals surface area contributed by atoms with Crippen LogP contribution in [-0.4, -0.2) is 39.2 Å². The molecule has 1 heterocycles. The molecule has 0 bridgehead atoms. The molecule has 5 rings (SSSR count). The van der Waals surface area contributed by atoms with Gasteiger partial charge in [0.2, 0.25) is 5.95 Å². The van der Waals surface area contributed by atoms with Crippen LogP contribution in [0.5, 0.6) is 0 Å². The molecule has 0 fully saturated rings. The molecule has 1 atom stereocenters. The average Bonchev–Trinajstić information content (AvgIpc) is 3.38. The molecule has 4 aromatic carbocycles. The number of hydrogen-bond donors (Lipinski definition) is 5. The van der Waals surface area contributed by atoms with Crippen molar-refractivity contribution < 1.29 is 24.2 Å². The van der Waals surface area contributed by atoms with Gasteiger partial charge < -0.3 is 25.5 Å². The number of rotatable bonds is 9. The molecule has 1 unspecified atom stereocenters. The number of H-pyrrole nitrogens is 1. The summed E-state index contributed by atoms with van der Waals surface area (Å²) in [4.78, 5) is 44.1. The number of alkyl carbamates (subject to hydrolysis) is 1. The average molecular weight is 564 g/mol. The lowest BCUT2D eigenvalue weighted by Gasteiger charge is -2.16. The Balaban J connectivity index is 1.21. The molecule has 10 nitrogen and oxygen atoms in total. The van der Waals surface area contributed by atoms with Crippen molar-refractivity contribution in [2.45, 2.75) is 26.0 Å². The molecule has 212 valence electrons. The molecule has 1 aromatic heterocycles. The number of nitrogens with zero attached hydrogens (tertiary/aromatic N) is 1. The van der Waals surface area contributed by atoms with Gasteiger partial charge in [-0.3, -0.25) is 5.32 Å². The van der Waals surface area contributed by atoms with Gasteiger partial charge in [0, 0.05) is 12.1 Å². The van der Waals surface area contributed by atoms with Crippen LogP contribution < -0.4 is 16.0 Å². The van der Waals surface area contributed by atoms with Gasteiger partial charge in [0.25, 0.3) is 0 Å². The first-order valence-electron chi connectivity index (χ1n) is 13.3. The van der Waals surface area contributed by atoms with Crippen molar-refractivity contribution in [3.05, 3.63) is 114 Å². The van der Waals surface area contributed by atoms with E-state index in [4.69, 9.17) is 4.74 Å². The SMILES string of the molecule is Cc1cc(CC(NC(=O)OCc2ccccc2)C(=O)O)ccc1-c1cccc(NC(=O)Nc2nc3ccccc3[nH]2)c1. The Labute approximate surface area is 241 Å². The Morgan fingerprint density at radius 3 is 2.43 bits per heavy atom. The number of carbonyl (C=O) groups excluding carboxylic acids is 2. The topological polar surface area (TPSA) is 145 Å². The van der Waals surface area contributed by atoms with E-state index in [0.29, 0.717) is 11.6 Å². The van der Waals surface area contributed by atoms with Gasteiger partial charge >= 0.3 is 18.1 Å². The number of carboxylic acid groups (broad SMARTS) is 1. The smallest absolute Gasteiger partial charge is 0.408 e. The third-order valence-electron chi connectivity index (χ3n) is 6.59. The zero-order valence-electron chi connectivity index (χ0n) is 22.8. The number of aliphatic carboxylic acids is 1. The molecular formula is C32H29N5O5. The van der Waals surface area contributed by atoms with Crippen molar-refractivity contribution in [1.82, 2.24) is 15.3 Å². The third-order valence-corrected chi connectivity index (χ3v) is 6.59. The van der Waals surface area contributed by atoms with Crippen LogP contribution in [0.4, 0.5) is 21.2 Å². The normalized spacial score (nSPS) is 11.5. The summed E-state index contributed by atoms with van der Waals surface area (Å²) in [6.45, 7) is 1.97. The number of nitrogens with one attached hydrogen (secondary N) is 4. The number of imidazole rings is 1. The third kappa shape index (κ3) is 7.11. The fraction of sp³-hybridized carbons (Fsp3) is 0.125. The number of amides is 3. The van der Waals surface area contributed by atoms with E-state index >= 15 is 0 Å². The number of aromatic nitrogens is 2. The van der Waals surface area contributed by atoms with Crippen LogP contribution >= 0.6 is 0 Å². The number of para-hydroxylation sites is 2. The van der Waals surface area contributed by atoms with Crippen LogP contribution in [0, 0.1) is 6.92 Å². The van der Waals surface area contributed by atoms with Crippen molar-refractivity contribution in [1.29, 1.82) is 0 Å². The van der Waals surface area contributed by atoms with Crippen LogP contribution in [0.25, 0.3) is 22.2 Å². The molecular weight excluding hydrogens is 534 g/mol. The molecule has 0 aliphatic heterocycles. The number of aromatic amines is 1. The van der Waals surface area contributed by atoms with Crippen molar-refractivity contribution in [2.24, 2.45) is 0 Å². The van der Waals surface area contributed by atoms with Crippen LogP contribution in [0.15, 0.2) is 97.1 Å². The monoisotopic (exact) mass is 563 g/mol. The number of fused-ring (bicyclic) bond motifs is 1. The second-order valence-electron chi connectivity index (χ2n) is 9.71. The first-order valence-corrected chi connectivity index (χ1v) is 13.3. The summed E-state index contributed by atoms with van der Waals surface area (Å²) < 4.78 is 5.18. The summed E-state index contributed by atoms with van der Waals surface area (Å²) >= 11 is 0. The van der Waals surface area contributed by atoms with Gasteiger partial charge in [0.05, 0.1) is 11.0 Å². The molecule has 5 N–H and O–H groups in total. The summed E-state index contributed by atoms with van der Waals surface area (Å²) in [5.41, 5.74) is 6.41. The van der Waals surface area contributed by atoms with E-state index < -0.39 is 24.1 Å². The summed E-state index contributed by atoms with van der Waals surface area (Å²) in [7, 11) is 0. The highest BCUT2D eigenvalue weighted by molar-refractivity contribution is 6.00. The number of ether oxygens (including phenoxy) is 1. The second kappa shape index (κ2) is 12.7. The summed E-state index contributed by atoms with van der Waals surface area (Å²) in [5.74, 6) is -0.817. The number of aryl methyl sites for hydroxylation is 1. The Bertz CT molecular complexity index is 1700. The Morgan fingerprint density at radius 2 is 1.67 bits per heavy atom. The Kier molecular flexibility index (Phi) is 8.43. The van der Waals surface area contributed by atoms with Crippen molar-refractivity contribution in [3.63, 3.8) is 0 Å². The fourth-order valence-electron chi connectivity index (χ4n) is 4.57. The molecule has 0 saturated carbocycles. The molecule has 0 saturated heterocycles. The number of anilines is 2. The lowest BCUT2D eigenvalue weighted by molar-refractivity contribution is -0.139. The van der Waals surface area contributed by atoms with E-state index in [-0.39, 0.29) is 13.0 Å². The van der Waals surface area contributed by atoms with Crippen LogP contribution in [-0.2, 0) is 22.6 Å². The predicted octanol–water partition coefficient (Wildman–Crippen LogP) is 6.10. The standard InChI is InChI=1S/C32H29N5O5/c1-20-16-22(17-28(29(38)39)36-32(41)42-19-21-8-3-2-4-9-21)14-15-25(20)23-10-7-11-24(18-23)33-31(40)37-30-34-26-12-5-6-13-27(26)35-30/h2-16,18,28H,17,19H2,1H3,(H,36,41)(H,38,39)(H3,33,34,35,37,40). The summed E-state index contributed by atoms with van der Waals surface area (Å²) in [6, 6.07) is 28.0. The zero-order chi connectivity index (χ0) is 29.5. The fourth-order valence-corrected chi connectivity index (χ4v) is 4.57. The number of hydrogen-bond acceptors (Lipinski definition) is 5. The Morgan fingerprint density at radius 1 is 0.881 bits per heavy atom. The van der Waals surface area contributed by atoms with Gasteiger partial charge in [0.15, 0.2) is 0 Å². The predicted molar refractivity (Wildman–Crippen MR) is 160 cm³/mol. The van der Waals surface area contributed by atoms with Crippen LogP contribution in [0.3, 0.4) is 0 Å². The van der Waals surface area contributed by atoms with Gasteiger partial charge in [-0.2, -0.15) is 0 Å². The van der Waals surface area contributed by atoms with E-state index in [1.165, 1.54) is 0 Å². The van der Waals surface area contributed by atoms with Gasteiger partial charge in [-0.15, -0.1) is 0 Å². The minimum atomic E-state index is -1.16. The number of urea groups is 1. The van der Waals surface area contributed by atoms with Crippen LogP contribution in [0.1, 0.15) is 16.7 Å². The molecule has 0 aliphatic rings. The largest absolute Gasteiger partial charge is 0.480 e. The highest BCUT2D eigenvalue weighted by atomic mass is 16.5. The van der Waals surface area contributed by atoms with E-state index in [9.17, 15) is 19.5 Å². The molecule has 3 amide bonds. The number of carbonyl (C=O) groups is 3. The van der Waals surface area contributed by atoms with Crippen molar-refractivity contribution >= 4 is 40.8 Å². The Hall–Kier alpha value is -5.64. The van der Waals surface area contributed by atoms with Crippen molar-refractivity contribution in [2.75, 3.05) is 10.6 Å². The molecule has 0 radical (unpaired) electrons. The molecule has 0 spiro atoms. The molecule has 10 heteroatoms. The van der Waals surface area contributed by atoms with Crippen molar-refractivity contribution in [3.8, 4) is 11.1 Å². The van der Waals surface area contributed by atoms with Gasteiger partial charge in [0.1, 0.15) is 12.6 Å². The maximum absolute atomic E-state index is 12.6. The lowest BCUT2D eigenvalue weighted by Crippen LogP contribution is -2.42.